The van der Waals surface area contributed by atoms with E-state index in [0.29, 0.717) is 24.5 Å². The topological polar surface area (TPSA) is 88.8 Å². The van der Waals surface area contributed by atoms with Crippen LogP contribution in [0.2, 0.25) is 0 Å². The number of hydrogen-bond donors (Lipinski definition) is 1. The standard InChI is InChI=1S/C19H24N2O5S.ClH/c1-2-27(24,25)21-17-4-3-13(19(22)23)11-15(17)16-12-20(8-5-18(16)21)14-6-9-26-10-7-14;/h3-4,11,14H,2,5-10,12H2,1H3,(H,22,23);1H. The lowest BCUT2D eigenvalue weighted by Crippen LogP contribution is -2.42. The number of rotatable bonds is 4. The maximum Gasteiger partial charge on any atom is 0.335 e. The molecule has 28 heavy (non-hydrogen) atoms. The third-order valence-electron chi connectivity index (χ3n) is 5.73. The molecule has 1 aromatic heterocycles. The smallest absolute Gasteiger partial charge is 0.335 e. The van der Waals surface area contributed by atoms with Crippen LogP contribution in [-0.2, 0) is 27.7 Å². The third kappa shape index (κ3) is 3.54. The number of ether oxygens (including phenoxy) is 1. The first-order chi connectivity index (χ1) is 12.9. The largest absolute Gasteiger partial charge is 0.478 e. The van der Waals surface area contributed by atoms with Crippen molar-refractivity contribution in [1.82, 2.24) is 8.87 Å². The second-order valence-corrected chi connectivity index (χ2v) is 9.30. The van der Waals surface area contributed by atoms with Crippen molar-refractivity contribution in [2.24, 2.45) is 0 Å². The Bertz CT molecular complexity index is 995. The summed E-state index contributed by atoms with van der Waals surface area (Å²) in [6, 6.07) is 5.15. The van der Waals surface area contributed by atoms with Crippen LogP contribution in [0.4, 0.5) is 0 Å². The van der Waals surface area contributed by atoms with Crippen LogP contribution in [0.1, 0.15) is 41.4 Å². The van der Waals surface area contributed by atoms with E-state index >= 15 is 0 Å². The Morgan fingerprint density at radius 2 is 2.00 bits per heavy atom. The molecular weight excluding hydrogens is 404 g/mol. The zero-order valence-corrected chi connectivity index (χ0v) is 17.4. The van der Waals surface area contributed by atoms with Gasteiger partial charge in [0.1, 0.15) is 0 Å². The van der Waals surface area contributed by atoms with Gasteiger partial charge in [-0.25, -0.2) is 17.2 Å². The molecule has 0 unspecified atom stereocenters. The summed E-state index contributed by atoms with van der Waals surface area (Å²) in [5.74, 6) is -0.998. The zero-order valence-electron chi connectivity index (χ0n) is 15.8. The van der Waals surface area contributed by atoms with E-state index in [2.05, 4.69) is 4.90 Å². The molecule has 0 aliphatic carbocycles. The van der Waals surface area contributed by atoms with Crippen molar-refractivity contribution in [1.29, 1.82) is 0 Å². The second-order valence-electron chi connectivity index (χ2n) is 7.19. The molecule has 0 bridgehead atoms. The van der Waals surface area contributed by atoms with E-state index in [9.17, 15) is 18.3 Å². The van der Waals surface area contributed by atoms with Gasteiger partial charge in [-0.1, -0.05) is 0 Å². The first kappa shape index (κ1) is 21.1. The fourth-order valence-corrected chi connectivity index (χ4v) is 5.53. The van der Waals surface area contributed by atoms with E-state index in [4.69, 9.17) is 4.74 Å². The maximum atomic E-state index is 12.8. The molecule has 9 heteroatoms. The van der Waals surface area contributed by atoms with Crippen molar-refractivity contribution in [3.63, 3.8) is 0 Å². The quantitative estimate of drug-likeness (QED) is 0.804. The minimum absolute atomic E-state index is 0. The lowest BCUT2D eigenvalue weighted by Gasteiger charge is -2.37. The van der Waals surface area contributed by atoms with Crippen molar-refractivity contribution in [3.05, 3.63) is 35.0 Å². The van der Waals surface area contributed by atoms with Gasteiger partial charge in [0.05, 0.1) is 16.8 Å². The van der Waals surface area contributed by atoms with Gasteiger partial charge in [0.15, 0.2) is 0 Å². The summed E-state index contributed by atoms with van der Waals surface area (Å²) < 4.78 is 32.4. The molecule has 154 valence electrons. The first-order valence-electron chi connectivity index (χ1n) is 9.37. The summed E-state index contributed by atoms with van der Waals surface area (Å²) in [5, 5.41) is 10.1. The fraction of sp³-hybridized carbons (Fsp3) is 0.526. The van der Waals surface area contributed by atoms with Crippen LogP contribution in [0, 0.1) is 0 Å². The van der Waals surface area contributed by atoms with E-state index < -0.39 is 16.0 Å². The molecule has 0 saturated carbocycles. The van der Waals surface area contributed by atoms with Gasteiger partial charge in [0, 0.05) is 49.8 Å². The van der Waals surface area contributed by atoms with Gasteiger partial charge >= 0.3 is 5.97 Å². The molecule has 0 amide bonds. The van der Waals surface area contributed by atoms with Crippen LogP contribution >= 0.6 is 12.4 Å². The number of carboxylic acid groups (broad SMARTS) is 1. The highest BCUT2D eigenvalue weighted by atomic mass is 35.5. The summed E-state index contributed by atoms with van der Waals surface area (Å²) >= 11 is 0. The number of halogens is 1. The Kier molecular flexibility index (Phi) is 6.05. The number of carbonyl (C=O) groups is 1. The first-order valence-corrected chi connectivity index (χ1v) is 11.0. The number of fused-ring (bicyclic) bond motifs is 3. The second kappa shape index (κ2) is 8.02. The van der Waals surface area contributed by atoms with Crippen LogP contribution in [0.15, 0.2) is 18.2 Å². The molecule has 2 aromatic rings. The monoisotopic (exact) mass is 428 g/mol. The Morgan fingerprint density at radius 1 is 1.29 bits per heavy atom. The van der Waals surface area contributed by atoms with Crippen molar-refractivity contribution < 1.29 is 23.1 Å². The van der Waals surface area contributed by atoms with Gasteiger partial charge < -0.3 is 9.84 Å². The lowest BCUT2D eigenvalue weighted by molar-refractivity contribution is 0.0290. The molecule has 7 nitrogen and oxygen atoms in total. The molecule has 4 rings (SSSR count). The summed E-state index contributed by atoms with van der Waals surface area (Å²) in [4.78, 5) is 13.8. The van der Waals surface area contributed by atoms with Crippen molar-refractivity contribution in [2.45, 2.75) is 38.8 Å². The molecule has 1 fully saturated rings. The lowest BCUT2D eigenvalue weighted by atomic mass is 9.99. The van der Waals surface area contributed by atoms with E-state index in [-0.39, 0.29) is 23.7 Å². The Hall–Kier alpha value is -1.61. The normalized spacial score (nSPS) is 18.6. The van der Waals surface area contributed by atoms with E-state index in [0.717, 1.165) is 49.2 Å². The molecular formula is C19H25ClN2O5S. The highest BCUT2D eigenvalue weighted by molar-refractivity contribution is 7.90. The van der Waals surface area contributed by atoms with E-state index in [1.54, 1.807) is 19.1 Å². The van der Waals surface area contributed by atoms with Crippen LogP contribution < -0.4 is 0 Å². The number of aromatic carboxylic acids is 1. The number of carboxylic acids is 1. The van der Waals surface area contributed by atoms with Gasteiger partial charge in [-0.05, 0) is 43.5 Å². The summed E-state index contributed by atoms with van der Waals surface area (Å²) in [7, 11) is -3.47. The van der Waals surface area contributed by atoms with Gasteiger partial charge in [0.2, 0.25) is 10.0 Å². The Labute approximate surface area is 170 Å². The maximum absolute atomic E-state index is 12.8. The van der Waals surface area contributed by atoms with Crippen molar-refractivity contribution in [2.75, 3.05) is 25.5 Å². The fourth-order valence-electron chi connectivity index (χ4n) is 4.28. The molecule has 1 aromatic carbocycles. The molecule has 2 aliphatic rings. The van der Waals surface area contributed by atoms with Crippen LogP contribution in [0.25, 0.3) is 10.9 Å². The zero-order chi connectivity index (χ0) is 19.2. The number of benzene rings is 1. The molecule has 3 heterocycles. The van der Waals surface area contributed by atoms with E-state index in [1.165, 1.54) is 10.0 Å². The van der Waals surface area contributed by atoms with Gasteiger partial charge in [-0.3, -0.25) is 4.90 Å². The summed E-state index contributed by atoms with van der Waals surface area (Å²) in [6.45, 7) is 4.59. The predicted octanol–water partition coefficient (Wildman–Crippen LogP) is 2.50. The summed E-state index contributed by atoms with van der Waals surface area (Å²) in [6.07, 6.45) is 2.59. The van der Waals surface area contributed by atoms with Gasteiger partial charge in [-0.2, -0.15) is 0 Å². The van der Waals surface area contributed by atoms with Gasteiger partial charge in [-0.15, -0.1) is 12.4 Å². The predicted molar refractivity (Wildman–Crippen MR) is 109 cm³/mol. The summed E-state index contributed by atoms with van der Waals surface area (Å²) in [5.41, 5.74) is 2.51. The van der Waals surface area contributed by atoms with Crippen LogP contribution in [0.5, 0.6) is 0 Å². The van der Waals surface area contributed by atoms with Crippen molar-refractivity contribution in [3.8, 4) is 0 Å². The average Bonchev–Trinajstić information content (AvgIpc) is 3.02. The van der Waals surface area contributed by atoms with E-state index in [1.807, 2.05) is 0 Å². The Balaban J connectivity index is 0.00000225. The van der Waals surface area contributed by atoms with Crippen LogP contribution in [0.3, 0.4) is 0 Å². The van der Waals surface area contributed by atoms with Gasteiger partial charge in [0.25, 0.3) is 0 Å². The Morgan fingerprint density at radius 3 is 2.64 bits per heavy atom. The molecule has 0 spiro atoms. The van der Waals surface area contributed by atoms with Crippen LogP contribution in [-0.4, -0.2) is 59.9 Å². The highest BCUT2D eigenvalue weighted by Gasteiger charge is 2.32. The minimum atomic E-state index is -3.47. The molecule has 1 N–H and O–H groups in total. The SMILES string of the molecule is CCS(=O)(=O)n1c2c(c3cc(C(=O)O)ccc31)CN(C1CCOCC1)CC2.Cl. The minimum Gasteiger partial charge on any atom is -0.478 e. The molecule has 2 aliphatic heterocycles. The molecule has 0 atom stereocenters. The van der Waals surface area contributed by atoms with Crippen molar-refractivity contribution >= 4 is 39.3 Å². The number of hydrogen-bond acceptors (Lipinski definition) is 5. The number of aromatic nitrogens is 1. The average molecular weight is 429 g/mol. The third-order valence-corrected chi connectivity index (χ3v) is 7.43. The number of nitrogens with zero attached hydrogens (tertiary/aromatic N) is 2. The highest BCUT2D eigenvalue weighted by Crippen LogP contribution is 2.34. The molecule has 1 saturated heterocycles. The molecule has 0 radical (unpaired) electrons.